The van der Waals surface area contributed by atoms with Crippen molar-refractivity contribution in [1.29, 1.82) is 0 Å². The minimum Gasteiger partial charge on any atom is -0.352 e. The molecule has 2 aromatic carbocycles. The van der Waals surface area contributed by atoms with Crippen molar-refractivity contribution in [2.24, 2.45) is 5.73 Å². The molecule has 0 aliphatic rings. The Hall–Kier alpha value is -2.20. The zero-order valence-corrected chi connectivity index (χ0v) is 12.9. The number of rotatable bonds is 5. The topological polar surface area (TPSA) is 55.1 Å². The predicted octanol–water partition coefficient (Wildman–Crippen LogP) is 3.27. The molecular weight excluding hydrogens is 279 g/mol. The molecule has 2 rings (SSSR count). The van der Waals surface area contributed by atoms with Gasteiger partial charge in [-0.15, -0.1) is 0 Å². The predicted molar refractivity (Wildman–Crippen MR) is 87.2 cm³/mol. The largest absolute Gasteiger partial charge is 0.352 e. The molecule has 0 aliphatic heterocycles. The monoisotopic (exact) mass is 300 g/mol. The molecule has 0 radical (unpaired) electrons. The van der Waals surface area contributed by atoms with Gasteiger partial charge in [0, 0.05) is 12.6 Å². The number of hydrogen-bond donors (Lipinski definition) is 2. The van der Waals surface area contributed by atoms with Crippen molar-refractivity contribution in [3.8, 4) is 11.1 Å². The summed E-state index contributed by atoms with van der Waals surface area (Å²) in [4.78, 5) is 11.9. The Balaban J connectivity index is 2.12. The lowest BCUT2D eigenvalue weighted by Crippen LogP contribution is -2.29. The molecule has 2 aromatic rings. The molecule has 3 N–H and O–H groups in total. The summed E-state index contributed by atoms with van der Waals surface area (Å²) in [5.74, 6) is -0.926. The van der Waals surface area contributed by atoms with E-state index >= 15 is 0 Å². The summed E-state index contributed by atoms with van der Waals surface area (Å²) in [5.41, 5.74) is 8.50. The van der Waals surface area contributed by atoms with Crippen molar-refractivity contribution in [3.05, 3.63) is 59.4 Å². The highest BCUT2D eigenvalue weighted by molar-refractivity contribution is 5.95. The van der Waals surface area contributed by atoms with Crippen LogP contribution in [-0.2, 0) is 0 Å². The summed E-state index contributed by atoms with van der Waals surface area (Å²) in [6.45, 7) is 4.30. The Kier molecular flexibility index (Phi) is 5.28. The Morgan fingerprint density at radius 2 is 1.82 bits per heavy atom. The summed E-state index contributed by atoms with van der Waals surface area (Å²) in [6.07, 6.45) is 0.662. The van der Waals surface area contributed by atoms with Gasteiger partial charge in [0.05, 0.1) is 5.56 Å². The Morgan fingerprint density at radius 3 is 2.41 bits per heavy atom. The number of aryl methyl sites for hydroxylation is 1. The lowest BCUT2D eigenvalue weighted by Gasteiger charge is -2.09. The van der Waals surface area contributed by atoms with E-state index in [-0.39, 0.29) is 11.6 Å². The average Bonchev–Trinajstić information content (AvgIpc) is 2.47. The number of carbonyl (C=O) groups excluding carboxylic acids is 1. The van der Waals surface area contributed by atoms with Crippen LogP contribution in [0, 0.1) is 12.7 Å². The molecule has 0 aliphatic carbocycles. The molecule has 0 saturated heterocycles. The smallest absolute Gasteiger partial charge is 0.254 e. The standard InChI is InChI=1S/C18H21FN2O/c1-12-3-5-14(6-4-12)15-7-8-16(17(19)11-15)18(22)21-10-9-13(2)20/h3-8,11,13H,9-10,20H2,1-2H3,(H,21,22). The van der Waals surface area contributed by atoms with Gasteiger partial charge in [-0.25, -0.2) is 4.39 Å². The van der Waals surface area contributed by atoms with Gasteiger partial charge in [0.2, 0.25) is 0 Å². The first kappa shape index (κ1) is 16.2. The van der Waals surface area contributed by atoms with Crippen molar-refractivity contribution >= 4 is 5.91 Å². The molecule has 22 heavy (non-hydrogen) atoms. The second-order valence-electron chi connectivity index (χ2n) is 5.58. The molecule has 0 spiro atoms. The maximum absolute atomic E-state index is 14.2. The van der Waals surface area contributed by atoms with E-state index in [2.05, 4.69) is 5.32 Å². The molecule has 0 aromatic heterocycles. The van der Waals surface area contributed by atoms with Crippen molar-refractivity contribution in [2.75, 3.05) is 6.54 Å². The van der Waals surface area contributed by atoms with E-state index in [0.29, 0.717) is 13.0 Å². The van der Waals surface area contributed by atoms with Crippen LogP contribution < -0.4 is 11.1 Å². The van der Waals surface area contributed by atoms with Gasteiger partial charge in [0.15, 0.2) is 0 Å². The summed E-state index contributed by atoms with van der Waals surface area (Å²) in [5, 5.41) is 2.68. The summed E-state index contributed by atoms with van der Waals surface area (Å²) in [6, 6.07) is 12.5. The third kappa shape index (κ3) is 4.15. The number of amides is 1. The minimum absolute atomic E-state index is 0.00839. The van der Waals surface area contributed by atoms with Gasteiger partial charge in [-0.05, 0) is 43.5 Å². The van der Waals surface area contributed by atoms with Crippen molar-refractivity contribution in [1.82, 2.24) is 5.32 Å². The second kappa shape index (κ2) is 7.18. The van der Waals surface area contributed by atoms with Gasteiger partial charge in [-0.3, -0.25) is 4.79 Å². The summed E-state index contributed by atoms with van der Waals surface area (Å²) in [7, 11) is 0. The van der Waals surface area contributed by atoms with Crippen LogP contribution in [0.25, 0.3) is 11.1 Å². The quantitative estimate of drug-likeness (QED) is 0.890. The van der Waals surface area contributed by atoms with Crippen LogP contribution in [-0.4, -0.2) is 18.5 Å². The molecule has 4 heteroatoms. The summed E-state index contributed by atoms with van der Waals surface area (Å²) >= 11 is 0. The molecule has 1 amide bonds. The highest BCUT2D eigenvalue weighted by Gasteiger charge is 2.12. The van der Waals surface area contributed by atoms with Gasteiger partial charge in [-0.1, -0.05) is 35.9 Å². The van der Waals surface area contributed by atoms with Crippen LogP contribution in [0.2, 0.25) is 0 Å². The zero-order valence-electron chi connectivity index (χ0n) is 12.9. The van der Waals surface area contributed by atoms with E-state index in [9.17, 15) is 9.18 Å². The lowest BCUT2D eigenvalue weighted by atomic mass is 10.0. The maximum atomic E-state index is 14.2. The first-order valence-corrected chi connectivity index (χ1v) is 7.37. The number of benzene rings is 2. The van der Waals surface area contributed by atoms with Crippen LogP contribution in [0.3, 0.4) is 0 Å². The van der Waals surface area contributed by atoms with E-state index in [0.717, 1.165) is 16.7 Å². The SMILES string of the molecule is Cc1ccc(-c2ccc(C(=O)NCCC(C)N)c(F)c2)cc1. The normalized spacial score (nSPS) is 12.0. The van der Waals surface area contributed by atoms with E-state index in [1.54, 1.807) is 6.07 Å². The first-order chi connectivity index (χ1) is 10.5. The first-order valence-electron chi connectivity index (χ1n) is 7.37. The third-order valence-corrected chi connectivity index (χ3v) is 3.48. The number of nitrogens with one attached hydrogen (secondary N) is 1. The van der Waals surface area contributed by atoms with Crippen LogP contribution in [0.1, 0.15) is 29.3 Å². The molecular formula is C18H21FN2O. The van der Waals surface area contributed by atoms with Gasteiger partial charge in [-0.2, -0.15) is 0 Å². The van der Waals surface area contributed by atoms with Crippen LogP contribution >= 0.6 is 0 Å². The molecule has 116 valence electrons. The highest BCUT2D eigenvalue weighted by Crippen LogP contribution is 2.22. The Morgan fingerprint density at radius 1 is 1.18 bits per heavy atom. The summed E-state index contributed by atoms with van der Waals surface area (Å²) < 4.78 is 14.2. The van der Waals surface area contributed by atoms with E-state index < -0.39 is 11.7 Å². The number of halogens is 1. The number of hydrogen-bond acceptors (Lipinski definition) is 2. The van der Waals surface area contributed by atoms with Gasteiger partial charge < -0.3 is 11.1 Å². The molecule has 0 heterocycles. The third-order valence-electron chi connectivity index (χ3n) is 3.48. The van der Waals surface area contributed by atoms with Crippen molar-refractivity contribution < 1.29 is 9.18 Å². The molecule has 0 bridgehead atoms. The zero-order chi connectivity index (χ0) is 16.1. The fourth-order valence-corrected chi connectivity index (χ4v) is 2.13. The van der Waals surface area contributed by atoms with Crippen molar-refractivity contribution in [2.45, 2.75) is 26.3 Å². The van der Waals surface area contributed by atoms with Gasteiger partial charge in [0.1, 0.15) is 5.82 Å². The second-order valence-corrected chi connectivity index (χ2v) is 5.58. The fraction of sp³-hybridized carbons (Fsp3) is 0.278. The van der Waals surface area contributed by atoms with E-state index in [1.165, 1.54) is 12.1 Å². The molecule has 3 nitrogen and oxygen atoms in total. The van der Waals surface area contributed by atoms with Crippen LogP contribution in [0.5, 0.6) is 0 Å². The van der Waals surface area contributed by atoms with Gasteiger partial charge in [0.25, 0.3) is 5.91 Å². The van der Waals surface area contributed by atoms with E-state index in [4.69, 9.17) is 5.73 Å². The van der Waals surface area contributed by atoms with Crippen molar-refractivity contribution in [3.63, 3.8) is 0 Å². The number of carbonyl (C=O) groups is 1. The molecule has 0 saturated carbocycles. The Labute approximate surface area is 130 Å². The van der Waals surface area contributed by atoms with Gasteiger partial charge >= 0.3 is 0 Å². The van der Waals surface area contributed by atoms with Crippen LogP contribution in [0.4, 0.5) is 4.39 Å². The minimum atomic E-state index is -0.517. The van der Waals surface area contributed by atoms with Crippen LogP contribution in [0.15, 0.2) is 42.5 Å². The number of nitrogens with two attached hydrogens (primary N) is 1. The average molecular weight is 300 g/mol. The molecule has 1 atom stereocenters. The highest BCUT2D eigenvalue weighted by atomic mass is 19.1. The molecule has 0 fully saturated rings. The fourth-order valence-electron chi connectivity index (χ4n) is 2.13. The maximum Gasteiger partial charge on any atom is 0.254 e. The lowest BCUT2D eigenvalue weighted by molar-refractivity contribution is 0.0949. The van der Waals surface area contributed by atoms with E-state index in [1.807, 2.05) is 38.1 Å². The molecule has 1 unspecified atom stereocenters. The Bertz CT molecular complexity index is 651.